The molecule has 1 aromatic heterocycles. The van der Waals surface area contributed by atoms with Crippen LogP contribution >= 0.6 is 0 Å². The van der Waals surface area contributed by atoms with Gasteiger partial charge in [0.15, 0.2) is 0 Å². The molecule has 0 fully saturated rings. The Balaban J connectivity index is 1.99. The van der Waals surface area contributed by atoms with Gasteiger partial charge in [0.05, 0.1) is 26.4 Å². The first-order valence-corrected chi connectivity index (χ1v) is 4.77. The largest absolute Gasteiger partial charge is 0.465 e. The van der Waals surface area contributed by atoms with Gasteiger partial charge >= 0.3 is 0 Å². The van der Waals surface area contributed by atoms with Crippen LogP contribution in [-0.2, 0) is 11.3 Å². The van der Waals surface area contributed by atoms with Crippen molar-refractivity contribution in [2.45, 2.75) is 13.5 Å². The van der Waals surface area contributed by atoms with Gasteiger partial charge in [-0.1, -0.05) is 0 Å². The zero-order valence-corrected chi connectivity index (χ0v) is 8.45. The molecule has 1 rings (SSSR count). The van der Waals surface area contributed by atoms with E-state index in [-0.39, 0.29) is 6.61 Å². The number of nitrogens with one attached hydrogen (secondary N) is 1. The van der Waals surface area contributed by atoms with E-state index in [9.17, 15) is 0 Å². The van der Waals surface area contributed by atoms with Crippen molar-refractivity contribution in [1.29, 1.82) is 0 Å². The second-order valence-electron chi connectivity index (χ2n) is 3.03. The Labute approximate surface area is 83.9 Å². The Bertz CT molecular complexity index is 247. The lowest BCUT2D eigenvalue weighted by atomic mass is 10.4. The van der Waals surface area contributed by atoms with Gasteiger partial charge < -0.3 is 19.6 Å². The topological polar surface area (TPSA) is 54.6 Å². The maximum absolute atomic E-state index is 8.44. The molecule has 0 aromatic carbocycles. The van der Waals surface area contributed by atoms with Crippen LogP contribution in [0.1, 0.15) is 11.5 Å². The lowest BCUT2D eigenvalue weighted by molar-refractivity contribution is 0.0936. The van der Waals surface area contributed by atoms with Gasteiger partial charge in [-0.15, -0.1) is 0 Å². The molecular weight excluding hydrogens is 182 g/mol. The van der Waals surface area contributed by atoms with Crippen molar-refractivity contribution < 1.29 is 14.3 Å². The van der Waals surface area contributed by atoms with E-state index in [4.69, 9.17) is 14.3 Å². The maximum Gasteiger partial charge on any atom is 0.117 e. The minimum absolute atomic E-state index is 0.0807. The number of ether oxygens (including phenoxy) is 1. The van der Waals surface area contributed by atoms with Crippen LogP contribution in [0.25, 0.3) is 0 Å². The SMILES string of the molecule is Cc1ccc(CNCCOCCO)o1. The maximum atomic E-state index is 8.44. The Morgan fingerprint density at radius 3 is 2.93 bits per heavy atom. The average Bonchev–Trinajstić information content (AvgIpc) is 2.58. The third-order valence-electron chi connectivity index (χ3n) is 1.75. The van der Waals surface area contributed by atoms with Crippen LogP contribution < -0.4 is 5.32 Å². The Morgan fingerprint density at radius 1 is 1.43 bits per heavy atom. The fraction of sp³-hybridized carbons (Fsp3) is 0.600. The minimum atomic E-state index is 0.0807. The zero-order valence-electron chi connectivity index (χ0n) is 8.45. The van der Waals surface area contributed by atoms with Gasteiger partial charge in [-0.3, -0.25) is 0 Å². The van der Waals surface area contributed by atoms with Crippen molar-refractivity contribution in [3.63, 3.8) is 0 Å². The number of hydrogen-bond donors (Lipinski definition) is 2. The molecule has 14 heavy (non-hydrogen) atoms. The van der Waals surface area contributed by atoms with Crippen LogP contribution in [0.3, 0.4) is 0 Å². The molecule has 0 aliphatic carbocycles. The molecule has 0 saturated carbocycles. The summed E-state index contributed by atoms with van der Waals surface area (Å²) >= 11 is 0. The molecule has 0 radical (unpaired) electrons. The highest BCUT2D eigenvalue weighted by Gasteiger charge is 1.96. The Hall–Kier alpha value is -0.840. The van der Waals surface area contributed by atoms with Gasteiger partial charge in [0, 0.05) is 6.54 Å². The summed E-state index contributed by atoms with van der Waals surface area (Å²) in [6.45, 7) is 4.50. The molecule has 0 amide bonds. The van der Waals surface area contributed by atoms with Gasteiger partial charge in [0.1, 0.15) is 11.5 Å². The molecular formula is C10H17NO3. The van der Waals surface area contributed by atoms with Gasteiger partial charge in [-0.2, -0.15) is 0 Å². The van der Waals surface area contributed by atoms with Crippen molar-refractivity contribution >= 4 is 0 Å². The molecule has 0 atom stereocenters. The van der Waals surface area contributed by atoms with E-state index in [2.05, 4.69) is 5.32 Å². The van der Waals surface area contributed by atoms with E-state index in [1.54, 1.807) is 0 Å². The Kier molecular flexibility index (Phi) is 5.29. The number of aliphatic hydroxyl groups excluding tert-OH is 1. The predicted molar refractivity (Wildman–Crippen MR) is 53.1 cm³/mol. The van der Waals surface area contributed by atoms with Crippen LogP contribution in [0, 0.1) is 6.92 Å². The highest BCUT2D eigenvalue weighted by Crippen LogP contribution is 2.04. The molecule has 0 unspecified atom stereocenters. The second kappa shape index (κ2) is 6.59. The lowest BCUT2D eigenvalue weighted by Gasteiger charge is -2.03. The number of furan rings is 1. The summed E-state index contributed by atoms with van der Waals surface area (Å²) in [5.41, 5.74) is 0. The van der Waals surface area contributed by atoms with Crippen molar-refractivity contribution in [2.75, 3.05) is 26.4 Å². The molecule has 80 valence electrons. The van der Waals surface area contributed by atoms with Crippen molar-refractivity contribution in [3.05, 3.63) is 23.7 Å². The van der Waals surface area contributed by atoms with E-state index in [1.807, 2.05) is 19.1 Å². The molecule has 0 bridgehead atoms. The fourth-order valence-corrected chi connectivity index (χ4v) is 1.10. The van der Waals surface area contributed by atoms with Crippen molar-refractivity contribution in [2.24, 2.45) is 0 Å². The molecule has 1 heterocycles. The Morgan fingerprint density at radius 2 is 2.29 bits per heavy atom. The summed E-state index contributed by atoms with van der Waals surface area (Å²) < 4.78 is 10.5. The van der Waals surface area contributed by atoms with E-state index < -0.39 is 0 Å². The van der Waals surface area contributed by atoms with Crippen LogP contribution in [-0.4, -0.2) is 31.5 Å². The standard InChI is InChI=1S/C10H17NO3/c1-9-2-3-10(14-9)8-11-4-6-13-7-5-12/h2-3,11-12H,4-8H2,1H3. The molecule has 0 aliphatic heterocycles. The first kappa shape index (κ1) is 11.2. The molecule has 0 spiro atoms. The second-order valence-corrected chi connectivity index (χ2v) is 3.03. The highest BCUT2D eigenvalue weighted by molar-refractivity contribution is 5.04. The lowest BCUT2D eigenvalue weighted by Crippen LogP contribution is -2.19. The number of hydrogen-bond acceptors (Lipinski definition) is 4. The highest BCUT2D eigenvalue weighted by atomic mass is 16.5. The molecule has 0 saturated heterocycles. The average molecular weight is 199 g/mol. The molecule has 2 N–H and O–H groups in total. The smallest absolute Gasteiger partial charge is 0.117 e. The predicted octanol–water partition coefficient (Wildman–Crippen LogP) is 0.687. The first-order valence-electron chi connectivity index (χ1n) is 4.77. The van der Waals surface area contributed by atoms with Gasteiger partial charge in [0.25, 0.3) is 0 Å². The minimum Gasteiger partial charge on any atom is -0.465 e. The van der Waals surface area contributed by atoms with E-state index in [0.29, 0.717) is 13.2 Å². The number of aliphatic hydroxyl groups is 1. The van der Waals surface area contributed by atoms with Crippen LogP contribution in [0.5, 0.6) is 0 Å². The zero-order chi connectivity index (χ0) is 10.2. The summed E-state index contributed by atoms with van der Waals surface area (Å²) in [4.78, 5) is 0. The van der Waals surface area contributed by atoms with E-state index in [1.165, 1.54) is 0 Å². The number of aryl methyl sites for hydroxylation is 1. The molecule has 4 nitrogen and oxygen atoms in total. The van der Waals surface area contributed by atoms with Crippen molar-refractivity contribution in [3.8, 4) is 0 Å². The van der Waals surface area contributed by atoms with Gasteiger partial charge in [0.2, 0.25) is 0 Å². The monoisotopic (exact) mass is 199 g/mol. The van der Waals surface area contributed by atoms with E-state index in [0.717, 1.165) is 24.6 Å². The molecule has 1 aromatic rings. The first-order chi connectivity index (χ1) is 6.83. The molecule has 0 aliphatic rings. The normalized spacial score (nSPS) is 10.7. The number of rotatable bonds is 7. The van der Waals surface area contributed by atoms with Gasteiger partial charge in [-0.25, -0.2) is 0 Å². The fourth-order valence-electron chi connectivity index (χ4n) is 1.10. The summed E-state index contributed by atoms with van der Waals surface area (Å²) in [7, 11) is 0. The van der Waals surface area contributed by atoms with Crippen LogP contribution in [0.15, 0.2) is 16.5 Å². The third-order valence-corrected chi connectivity index (χ3v) is 1.75. The quantitative estimate of drug-likeness (QED) is 0.634. The summed E-state index contributed by atoms with van der Waals surface area (Å²) in [5, 5.41) is 11.6. The summed E-state index contributed by atoms with van der Waals surface area (Å²) in [5.74, 6) is 1.86. The van der Waals surface area contributed by atoms with Crippen LogP contribution in [0.4, 0.5) is 0 Å². The van der Waals surface area contributed by atoms with Gasteiger partial charge in [-0.05, 0) is 19.1 Å². The summed E-state index contributed by atoms with van der Waals surface area (Å²) in [6.07, 6.45) is 0. The molecule has 4 heteroatoms. The third kappa shape index (κ3) is 4.41. The summed E-state index contributed by atoms with van der Waals surface area (Å²) in [6, 6.07) is 3.90. The van der Waals surface area contributed by atoms with Crippen LogP contribution in [0.2, 0.25) is 0 Å². The van der Waals surface area contributed by atoms with Crippen molar-refractivity contribution in [1.82, 2.24) is 5.32 Å². The van der Waals surface area contributed by atoms with E-state index >= 15 is 0 Å².